The van der Waals surface area contributed by atoms with Crippen LogP contribution in [-0.4, -0.2) is 12.6 Å². The SMILES string of the molecule is CC1CCCC(CNC2CC=CC2)C1. The molecule has 14 heavy (non-hydrogen) atoms. The van der Waals surface area contributed by atoms with Crippen LogP contribution in [0.15, 0.2) is 12.2 Å². The topological polar surface area (TPSA) is 12.0 Å². The van der Waals surface area contributed by atoms with E-state index in [4.69, 9.17) is 0 Å². The van der Waals surface area contributed by atoms with Gasteiger partial charge in [-0.05, 0) is 44.1 Å². The molecule has 2 rings (SSSR count). The molecule has 2 atom stereocenters. The quantitative estimate of drug-likeness (QED) is 0.679. The first-order valence-corrected chi connectivity index (χ1v) is 6.23. The van der Waals surface area contributed by atoms with Crippen molar-refractivity contribution in [1.29, 1.82) is 0 Å². The van der Waals surface area contributed by atoms with Gasteiger partial charge in [0.2, 0.25) is 0 Å². The summed E-state index contributed by atoms with van der Waals surface area (Å²) in [5.74, 6) is 1.93. The van der Waals surface area contributed by atoms with Gasteiger partial charge in [-0.25, -0.2) is 0 Å². The summed E-state index contributed by atoms with van der Waals surface area (Å²) < 4.78 is 0. The summed E-state index contributed by atoms with van der Waals surface area (Å²) in [7, 11) is 0. The van der Waals surface area contributed by atoms with Crippen LogP contribution in [0.4, 0.5) is 0 Å². The van der Waals surface area contributed by atoms with E-state index in [1.165, 1.54) is 45.1 Å². The van der Waals surface area contributed by atoms with Crippen LogP contribution in [0.1, 0.15) is 45.4 Å². The van der Waals surface area contributed by atoms with Gasteiger partial charge < -0.3 is 5.32 Å². The van der Waals surface area contributed by atoms with E-state index in [2.05, 4.69) is 24.4 Å². The summed E-state index contributed by atoms with van der Waals surface area (Å²) >= 11 is 0. The highest BCUT2D eigenvalue weighted by Crippen LogP contribution is 2.28. The third-order valence-electron chi connectivity index (χ3n) is 3.75. The smallest absolute Gasteiger partial charge is 0.0136 e. The van der Waals surface area contributed by atoms with Gasteiger partial charge in [0, 0.05) is 6.04 Å². The molecule has 0 aliphatic heterocycles. The molecule has 0 amide bonds. The minimum absolute atomic E-state index is 0.757. The van der Waals surface area contributed by atoms with Crippen molar-refractivity contribution in [2.45, 2.75) is 51.5 Å². The minimum atomic E-state index is 0.757. The van der Waals surface area contributed by atoms with Gasteiger partial charge in [-0.1, -0.05) is 31.9 Å². The molecule has 1 N–H and O–H groups in total. The highest BCUT2D eigenvalue weighted by molar-refractivity contribution is 4.97. The van der Waals surface area contributed by atoms with E-state index in [1.54, 1.807) is 0 Å². The standard InChI is InChI=1S/C13H23N/c1-11-5-4-6-12(9-11)10-14-13-7-2-3-8-13/h2-3,11-14H,4-10H2,1H3. The lowest BCUT2D eigenvalue weighted by Crippen LogP contribution is -2.33. The van der Waals surface area contributed by atoms with Crippen LogP contribution in [0, 0.1) is 11.8 Å². The molecule has 0 aromatic carbocycles. The molecule has 1 saturated carbocycles. The molecule has 0 spiro atoms. The Morgan fingerprint density at radius 3 is 2.71 bits per heavy atom. The molecule has 80 valence electrons. The van der Waals surface area contributed by atoms with Crippen LogP contribution in [0.25, 0.3) is 0 Å². The van der Waals surface area contributed by atoms with Crippen molar-refractivity contribution < 1.29 is 0 Å². The van der Waals surface area contributed by atoms with E-state index >= 15 is 0 Å². The average Bonchev–Trinajstić information content (AvgIpc) is 2.67. The molecule has 0 aromatic heterocycles. The van der Waals surface area contributed by atoms with E-state index in [0.29, 0.717) is 0 Å². The van der Waals surface area contributed by atoms with Gasteiger partial charge in [-0.15, -0.1) is 0 Å². The normalized spacial score (nSPS) is 33.8. The summed E-state index contributed by atoms with van der Waals surface area (Å²) in [5.41, 5.74) is 0. The summed E-state index contributed by atoms with van der Waals surface area (Å²) in [6, 6.07) is 0.757. The molecule has 2 aliphatic rings. The Hall–Kier alpha value is -0.300. The molecule has 2 aliphatic carbocycles. The van der Waals surface area contributed by atoms with Crippen LogP contribution in [-0.2, 0) is 0 Å². The third-order valence-corrected chi connectivity index (χ3v) is 3.75. The molecule has 1 nitrogen and oxygen atoms in total. The maximum absolute atomic E-state index is 3.71. The van der Waals surface area contributed by atoms with E-state index in [-0.39, 0.29) is 0 Å². The fourth-order valence-corrected chi connectivity index (χ4v) is 2.86. The second-order valence-corrected chi connectivity index (χ2v) is 5.19. The van der Waals surface area contributed by atoms with E-state index in [1.807, 2.05) is 0 Å². The van der Waals surface area contributed by atoms with Gasteiger partial charge >= 0.3 is 0 Å². The van der Waals surface area contributed by atoms with Crippen molar-refractivity contribution in [3.05, 3.63) is 12.2 Å². The van der Waals surface area contributed by atoms with E-state index in [9.17, 15) is 0 Å². The summed E-state index contributed by atoms with van der Waals surface area (Å²) in [4.78, 5) is 0. The molecule has 0 aromatic rings. The zero-order chi connectivity index (χ0) is 9.80. The molecule has 2 unspecified atom stereocenters. The lowest BCUT2D eigenvalue weighted by Gasteiger charge is -2.28. The third kappa shape index (κ3) is 2.84. The molecule has 1 heteroatoms. The Kier molecular flexibility index (Phi) is 3.63. The first-order chi connectivity index (χ1) is 6.84. The Morgan fingerprint density at radius 2 is 2.00 bits per heavy atom. The molecule has 1 fully saturated rings. The molecule has 0 saturated heterocycles. The first-order valence-electron chi connectivity index (χ1n) is 6.23. The van der Waals surface area contributed by atoms with Crippen molar-refractivity contribution in [1.82, 2.24) is 5.32 Å². The Bertz CT molecular complexity index is 189. The lowest BCUT2D eigenvalue weighted by atomic mass is 9.82. The largest absolute Gasteiger partial charge is 0.313 e. The van der Waals surface area contributed by atoms with Gasteiger partial charge in [0.05, 0.1) is 0 Å². The van der Waals surface area contributed by atoms with E-state index in [0.717, 1.165) is 17.9 Å². The Balaban J connectivity index is 1.64. The van der Waals surface area contributed by atoms with Crippen LogP contribution in [0.5, 0.6) is 0 Å². The van der Waals surface area contributed by atoms with Crippen molar-refractivity contribution >= 4 is 0 Å². The van der Waals surface area contributed by atoms with Crippen molar-refractivity contribution in [3.63, 3.8) is 0 Å². The van der Waals surface area contributed by atoms with Crippen LogP contribution in [0.2, 0.25) is 0 Å². The van der Waals surface area contributed by atoms with Gasteiger partial charge in [-0.2, -0.15) is 0 Å². The van der Waals surface area contributed by atoms with E-state index < -0.39 is 0 Å². The molecule has 0 radical (unpaired) electrons. The number of nitrogens with one attached hydrogen (secondary N) is 1. The zero-order valence-electron chi connectivity index (χ0n) is 9.34. The van der Waals surface area contributed by atoms with Crippen molar-refractivity contribution in [3.8, 4) is 0 Å². The number of hydrogen-bond donors (Lipinski definition) is 1. The van der Waals surface area contributed by atoms with Gasteiger partial charge in [0.1, 0.15) is 0 Å². The molecule has 0 heterocycles. The molecular formula is C13H23N. The van der Waals surface area contributed by atoms with Crippen molar-refractivity contribution in [2.75, 3.05) is 6.54 Å². The predicted octanol–water partition coefficient (Wildman–Crippen LogP) is 3.12. The fraction of sp³-hybridized carbons (Fsp3) is 0.846. The maximum Gasteiger partial charge on any atom is 0.0136 e. The summed E-state index contributed by atoms with van der Waals surface area (Å²) in [6.45, 7) is 3.67. The lowest BCUT2D eigenvalue weighted by molar-refractivity contribution is 0.267. The number of rotatable bonds is 3. The van der Waals surface area contributed by atoms with Crippen LogP contribution in [0.3, 0.4) is 0 Å². The maximum atomic E-state index is 3.71. The van der Waals surface area contributed by atoms with Crippen LogP contribution >= 0.6 is 0 Å². The van der Waals surface area contributed by atoms with Gasteiger partial charge in [0.15, 0.2) is 0 Å². The summed E-state index contributed by atoms with van der Waals surface area (Å²) in [6.07, 6.45) is 12.9. The van der Waals surface area contributed by atoms with Crippen LogP contribution < -0.4 is 5.32 Å². The average molecular weight is 193 g/mol. The minimum Gasteiger partial charge on any atom is -0.313 e. The number of hydrogen-bond acceptors (Lipinski definition) is 1. The zero-order valence-corrected chi connectivity index (χ0v) is 9.34. The highest BCUT2D eigenvalue weighted by Gasteiger charge is 2.19. The summed E-state index contributed by atoms with van der Waals surface area (Å²) in [5, 5.41) is 3.71. The van der Waals surface area contributed by atoms with Crippen molar-refractivity contribution in [2.24, 2.45) is 11.8 Å². The first kappa shape index (κ1) is 10.2. The molecule has 0 bridgehead atoms. The predicted molar refractivity (Wildman–Crippen MR) is 61.3 cm³/mol. The van der Waals surface area contributed by atoms with Gasteiger partial charge in [-0.3, -0.25) is 0 Å². The Labute approximate surface area is 88.0 Å². The monoisotopic (exact) mass is 193 g/mol. The molecular weight excluding hydrogens is 170 g/mol. The van der Waals surface area contributed by atoms with Gasteiger partial charge in [0.25, 0.3) is 0 Å². The highest BCUT2D eigenvalue weighted by atomic mass is 14.9. The fourth-order valence-electron chi connectivity index (χ4n) is 2.86. The second-order valence-electron chi connectivity index (χ2n) is 5.19. The Morgan fingerprint density at radius 1 is 1.21 bits per heavy atom. The second kappa shape index (κ2) is 4.97.